The van der Waals surface area contributed by atoms with Gasteiger partial charge < -0.3 is 47.5 Å². The topological polar surface area (TPSA) is 232 Å². The highest BCUT2D eigenvalue weighted by Gasteiger charge is 2.67. The second kappa shape index (κ2) is 16.5. The third-order valence-electron chi connectivity index (χ3n) is 6.06. The third-order valence-corrected chi connectivity index (χ3v) is 8.17. The van der Waals surface area contributed by atoms with Crippen molar-refractivity contribution in [3.8, 4) is 0 Å². The fourth-order valence-corrected chi connectivity index (χ4v) is 6.16. The number of carbonyl (C=O) groups is 7. The van der Waals surface area contributed by atoms with Gasteiger partial charge in [-0.3, -0.25) is 33.3 Å². The molecule has 19 heteroatoms. The molecule has 0 aromatic carbocycles. The van der Waals surface area contributed by atoms with Crippen molar-refractivity contribution in [3.05, 3.63) is 0 Å². The second-order valence-corrected chi connectivity index (χ2v) is 11.7. The molecule has 1 N–H and O–H groups in total. The smallest absolute Gasteiger partial charge is 0.374 e. The number of methoxy groups -OCH3 is 1. The molecule has 18 nitrogen and oxygen atoms in total. The lowest BCUT2D eigenvalue weighted by Gasteiger charge is -2.50. The van der Waals surface area contributed by atoms with Gasteiger partial charge in [0.15, 0.2) is 12.2 Å². The fourth-order valence-electron chi connectivity index (χ4n) is 4.57. The molecule has 0 aliphatic carbocycles. The molecule has 1 saturated heterocycles. The first-order valence-electron chi connectivity index (χ1n) is 12.9. The zero-order valence-electron chi connectivity index (χ0n) is 25.8. The number of hydrogen-bond donors (Lipinski definition) is 1. The summed E-state index contributed by atoms with van der Waals surface area (Å²) in [6.45, 7) is 5.25. The van der Waals surface area contributed by atoms with E-state index in [1.165, 1.54) is 0 Å². The average Bonchev–Trinajstić information content (AvgIpc) is 2.91. The standard InChI is InChI=1S/C25H38NO17P/c1-12(27)26-20-18(39-14(3)29)10-25(23(33)35-7,24(42-17(6)32)44(34,36-8)37-9)43-22(20)21(41-16(5)31)19(40-15(4)30)11-38-13(2)28/h18-22,24H,10-11H2,1-9H3,(H,26,27)/t18-,19+,20+,21+,22+,24?,25-/m0/s1. The summed E-state index contributed by atoms with van der Waals surface area (Å²) in [5.41, 5.74) is -2.73. The minimum Gasteiger partial charge on any atom is -0.467 e. The van der Waals surface area contributed by atoms with Gasteiger partial charge in [-0.25, -0.2) is 4.79 Å². The highest BCUT2D eigenvalue weighted by atomic mass is 31.2. The van der Waals surface area contributed by atoms with Crippen molar-refractivity contribution in [3.63, 3.8) is 0 Å². The first kappa shape index (κ1) is 38.4. The van der Waals surface area contributed by atoms with Crippen molar-refractivity contribution in [2.45, 2.75) is 89.9 Å². The summed E-state index contributed by atoms with van der Waals surface area (Å²) >= 11 is 0. The molecule has 1 aliphatic rings. The number of ether oxygens (including phenoxy) is 7. The summed E-state index contributed by atoms with van der Waals surface area (Å²) in [7, 11) is -1.91. The third kappa shape index (κ3) is 9.97. The normalized spacial score (nSPS) is 23.5. The molecule has 0 spiro atoms. The van der Waals surface area contributed by atoms with Gasteiger partial charge in [0, 0.05) is 62.2 Å². The van der Waals surface area contributed by atoms with Gasteiger partial charge in [-0.2, -0.15) is 0 Å². The largest absolute Gasteiger partial charge is 0.467 e. The van der Waals surface area contributed by atoms with Gasteiger partial charge >= 0.3 is 43.4 Å². The van der Waals surface area contributed by atoms with E-state index in [1.54, 1.807) is 0 Å². The highest BCUT2D eigenvalue weighted by Crippen LogP contribution is 2.59. The molecule has 1 aliphatic heterocycles. The Morgan fingerprint density at radius 2 is 1.36 bits per heavy atom. The van der Waals surface area contributed by atoms with Crippen LogP contribution < -0.4 is 5.32 Å². The van der Waals surface area contributed by atoms with Crippen LogP contribution >= 0.6 is 7.60 Å². The number of nitrogens with one attached hydrogen (secondary N) is 1. The van der Waals surface area contributed by atoms with E-state index in [-0.39, 0.29) is 0 Å². The first-order valence-corrected chi connectivity index (χ1v) is 14.5. The van der Waals surface area contributed by atoms with Crippen molar-refractivity contribution >= 4 is 49.3 Å². The lowest BCUT2D eigenvalue weighted by Crippen LogP contribution is -2.71. The maximum absolute atomic E-state index is 13.8. The molecule has 1 amide bonds. The fraction of sp³-hybridized carbons (Fsp3) is 0.720. The summed E-state index contributed by atoms with van der Waals surface area (Å²) in [4.78, 5) is 86.6. The van der Waals surface area contributed by atoms with Gasteiger partial charge in [-0.1, -0.05) is 0 Å². The number of amides is 1. The predicted octanol–water partition coefficient (Wildman–Crippen LogP) is -0.0749. The molecular formula is C25H38NO17P. The van der Waals surface area contributed by atoms with Gasteiger partial charge in [0.2, 0.25) is 17.4 Å². The van der Waals surface area contributed by atoms with Crippen LogP contribution in [0.4, 0.5) is 0 Å². The minimum absolute atomic E-state index is 0.729. The molecule has 0 saturated carbocycles. The van der Waals surface area contributed by atoms with Gasteiger partial charge in [0.25, 0.3) is 0 Å². The summed E-state index contributed by atoms with van der Waals surface area (Å²) in [5.74, 6) is -9.14. The molecule has 1 unspecified atom stereocenters. The van der Waals surface area contributed by atoms with Crippen LogP contribution in [0, 0.1) is 0 Å². The van der Waals surface area contributed by atoms with Crippen molar-refractivity contribution < 1.29 is 80.3 Å². The monoisotopic (exact) mass is 655 g/mol. The average molecular weight is 656 g/mol. The van der Waals surface area contributed by atoms with Crippen LogP contribution in [0.25, 0.3) is 0 Å². The van der Waals surface area contributed by atoms with Crippen LogP contribution in [-0.4, -0.2) is 112 Å². The maximum atomic E-state index is 13.8. The Bertz CT molecular complexity index is 1150. The van der Waals surface area contributed by atoms with Crippen LogP contribution in [-0.2, 0) is 80.3 Å². The van der Waals surface area contributed by atoms with E-state index in [0.717, 1.165) is 62.9 Å². The summed E-state index contributed by atoms with van der Waals surface area (Å²) in [6.07, 6.45) is -7.79. The van der Waals surface area contributed by atoms with E-state index in [4.69, 9.17) is 42.2 Å². The van der Waals surface area contributed by atoms with E-state index in [1.807, 2.05) is 0 Å². The number of carbonyl (C=O) groups excluding carboxylic acids is 7. The summed E-state index contributed by atoms with van der Waals surface area (Å²) in [6, 6.07) is -1.50. The van der Waals surface area contributed by atoms with Crippen LogP contribution in [0.3, 0.4) is 0 Å². The molecule has 0 bridgehead atoms. The zero-order valence-corrected chi connectivity index (χ0v) is 26.7. The summed E-state index contributed by atoms with van der Waals surface area (Å²) in [5, 5.41) is 2.48. The van der Waals surface area contributed by atoms with E-state index in [0.29, 0.717) is 0 Å². The molecular weight excluding hydrogens is 617 g/mol. The first-order chi connectivity index (χ1) is 20.4. The Hall–Kier alpha value is -3.60. The van der Waals surface area contributed by atoms with Crippen LogP contribution in [0.2, 0.25) is 0 Å². The molecule has 250 valence electrons. The van der Waals surface area contributed by atoms with Crippen LogP contribution in [0.1, 0.15) is 48.0 Å². The van der Waals surface area contributed by atoms with Crippen molar-refractivity contribution in [2.24, 2.45) is 0 Å². The van der Waals surface area contributed by atoms with E-state index in [2.05, 4.69) is 5.32 Å². The van der Waals surface area contributed by atoms with Crippen molar-refractivity contribution in [2.75, 3.05) is 27.9 Å². The Labute approximate surface area is 253 Å². The lowest BCUT2D eigenvalue weighted by molar-refractivity contribution is -0.255. The maximum Gasteiger partial charge on any atom is 0.374 e. The molecule has 1 rings (SSSR count). The quantitative estimate of drug-likeness (QED) is 0.146. The van der Waals surface area contributed by atoms with E-state index in [9.17, 15) is 38.1 Å². The van der Waals surface area contributed by atoms with Gasteiger partial charge in [-0.05, 0) is 0 Å². The Morgan fingerprint density at radius 1 is 0.818 bits per heavy atom. The van der Waals surface area contributed by atoms with Gasteiger partial charge in [0.1, 0.15) is 18.8 Å². The molecule has 0 radical (unpaired) electrons. The van der Waals surface area contributed by atoms with Gasteiger partial charge in [0.05, 0.1) is 13.2 Å². The second-order valence-electron chi connectivity index (χ2n) is 9.43. The number of hydrogen-bond acceptors (Lipinski definition) is 17. The van der Waals surface area contributed by atoms with E-state index >= 15 is 0 Å². The van der Waals surface area contributed by atoms with Crippen LogP contribution in [0.5, 0.6) is 0 Å². The molecule has 1 fully saturated rings. The van der Waals surface area contributed by atoms with Crippen molar-refractivity contribution in [1.82, 2.24) is 5.32 Å². The molecule has 7 atom stereocenters. The van der Waals surface area contributed by atoms with Crippen molar-refractivity contribution in [1.29, 1.82) is 0 Å². The number of esters is 6. The molecule has 0 aromatic heterocycles. The van der Waals surface area contributed by atoms with Gasteiger partial charge in [-0.15, -0.1) is 0 Å². The Balaban J connectivity index is 4.23. The Morgan fingerprint density at radius 3 is 1.77 bits per heavy atom. The van der Waals surface area contributed by atoms with Crippen LogP contribution in [0.15, 0.2) is 0 Å². The zero-order chi connectivity index (χ0) is 34.0. The molecule has 0 aromatic rings. The molecule has 44 heavy (non-hydrogen) atoms. The lowest BCUT2D eigenvalue weighted by atomic mass is 9.83. The summed E-state index contributed by atoms with van der Waals surface area (Å²) < 4.78 is 61.5. The molecule has 1 heterocycles. The minimum atomic E-state index is -4.67. The Kier molecular flexibility index (Phi) is 14.4. The SMILES string of the molecule is COC(=O)[C@]1(C(OC(C)=O)P(=O)(OC)OC)C[C@H](OC(C)=O)[C@@H](NC(C)=O)[C@H]([C@H](OC(C)=O)[C@@H](COC(C)=O)OC(C)=O)O1. The predicted molar refractivity (Wildman–Crippen MR) is 142 cm³/mol. The number of rotatable bonds is 14. The van der Waals surface area contributed by atoms with E-state index < -0.39 is 104 Å². The highest BCUT2D eigenvalue weighted by molar-refractivity contribution is 7.54.